The molecule has 0 saturated carbocycles. The van der Waals surface area contributed by atoms with Crippen molar-refractivity contribution in [2.45, 2.75) is 116 Å². The van der Waals surface area contributed by atoms with Gasteiger partial charge in [0, 0.05) is 19.5 Å². The summed E-state index contributed by atoms with van der Waals surface area (Å²) in [5.41, 5.74) is 17.3. The van der Waals surface area contributed by atoms with E-state index in [0.717, 1.165) is 0 Å². The second-order valence-electron chi connectivity index (χ2n) is 14.3. The molecule has 2 rings (SSSR count). The Labute approximate surface area is 311 Å². The fourth-order valence-electron chi connectivity index (χ4n) is 5.87. The maximum Gasteiger partial charge on any atom is 0.326 e. The average Bonchev–Trinajstić information content (AvgIpc) is 3.60. The predicted octanol–water partition coefficient (Wildman–Crippen LogP) is -0.311. The lowest BCUT2D eigenvalue weighted by Gasteiger charge is -2.33. The fourth-order valence-corrected chi connectivity index (χ4v) is 5.87. The summed E-state index contributed by atoms with van der Waals surface area (Å²) in [5, 5.41) is 30.3. The van der Waals surface area contributed by atoms with E-state index in [9.17, 15) is 39.0 Å². The van der Waals surface area contributed by atoms with Gasteiger partial charge in [0.1, 0.15) is 36.0 Å². The minimum atomic E-state index is -1.28. The Bertz CT molecular complexity index is 1450. The molecule has 17 nitrogen and oxygen atoms in total. The average molecular weight is 746 g/mol. The third kappa shape index (κ3) is 13.5. The molecule has 0 bridgehead atoms. The van der Waals surface area contributed by atoms with E-state index in [-0.39, 0.29) is 55.9 Å². The van der Waals surface area contributed by atoms with Crippen molar-refractivity contribution < 1.29 is 39.0 Å². The van der Waals surface area contributed by atoms with Gasteiger partial charge in [-0.3, -0.25) is 29.0 Å². The SMILES string of the molecule is CCC(C)C(NC(=O)C(N)C(C)C)C(=O)N1CCCC1C(=O)NC(Cc1ccc(O)cc1)C(=O)NC(C(=O)NC(CCCN=C(N)N)C(=O)O)C(C)C. The van der Waals surface area contributed by atoms with Crippen LogP contribution in [0.2, 0.25) is 0 Å². The number of likely N-dealkylation sites (tertiary alicyclic amines) is 1. The Morgan fingerprint density at radius 3 is 2.04 bits per heavy atom. The minimum Gasteiger partial charge on any atom is -0.508 e. The van der Waals surface area contributed by atoms with E-state index in [4.69, 9.17) is 17.2 Å². The third-order valence-electron chi connectivity index (χ3n) is 9.45. The molecule has 5 amide bonds. The van der Waals surface area contributed by atoms with Gasteiger partial charge in [0.25, 0.3) is 0 Å². The van der Waals surface area contributed by atoms with E-state index in [0.29, 0.717) is 24.8 Å². The second-order valence-corrected chi connectivity index (χ2v) is 14.3. The maximum absolute atomic E-state index is 14.0. The Morgan fingerprint density at radius 1 is 0.868 bits per heavy atom. The van der Waals surface area contributed by atoms with Crippen LogP contribution in [-0.4, -0.2) is 106 Å². The van der Waals surface area contributed by atoms with Crippen LogP contribution >= 0.6 is 0 Å². The van der Waals surface area contributed by atoms with Gasteiger partial charge in [0.2, 0.25) is 29.5 Å². The molecule has 0 spiro atoms. The molecule has 1 heterocycles. The highest BCUT2D eigenvalue weighted by molar-refractivity contribution is 5.97. The van der Waals surface area contributed by atoms with Crippen LogP contribution in [0.5, 0.6) is 5.75 Å². The lowest BCUT2D eigenvalue weighted by atomic mass is 9.96. The van der Waals surface area contributed by atoms with E-state index < -0.39 is 77.7 Å². The quantitative estimate of drug-likeness (QED) is 0.0474. The molecular weight excluding hydrogens is 686 g/mol. The van der Waals surface area contributed by atoms with E-state index >= 15 is 0 Å². The number of benzene rings is 1. The number of aliphatic imine (C=N–C) groups is 1. The summed E-state index contributed by atoms with van der Waals surface area (Å²) in [6.45, 7) is 11.1. The van der Waals surface area contributed by atoms with Gasteiger partial charge < -0.3 is 53.6 Å². The zero-order valence-electron chi connectivity index (χ0n) is 31.6. The number of nitrogens with zero attached hydrogens (tertiary/aromatic N) is 2. The van der Waals surface area contributed by atoms with Crippen molar-refractivity contribution in [2.75, 3.05) is 13.1 Å². The number of carbonyl (C=O) groups is 6. The third-order valence-corrected chi connectivity index (χ3v) is 9.45. The van der Waals surface area contributed by atoms with Crippen molar-refractivity contribution >= 4 is 41.5 Å². The van der Waals surface area contributed by atoms with Crippen LogP contribution in [0.1, 0.15) is 79.2 Å². The highest BCUT2D eigenvalue weighted by Crippen LogP contribution is 2.22. The number of carboxylic acid groups (broad SMARTS) is 1. The van der Waals surface area contributed by atoms with Gasteiger partial charge in [-0.2, -0.15) is 0 Å². The number of hydrogen-bond donors (Lipinski definition) is 9. The lowest BCUT2D eigenvalue weighted by molar-refractivity contribution is -0.143. The van der Waals surface area contributed by atoms with Gasteiger partial charge >= 0.3 is 5.97 Å². The molecule has 1 fully saturated rings. The van der Waals surface area contributed by atoms with Crippen LogP contribution in [0.15, 0.2) is 29.3 Å². The molecule has 296 valence electrons. The van der Waals surface area contributed by atoms with Crippen molar-refractivity contribution in [3.63, 3.8) is 0 Å². The molecule has 0 radical (unpaired) electrons. The molecule has 7 atom stereocenters. The zero-order chi connectivity index (χ0) is 40.0. The number of amides is 5. The highest BCUT2D eigenvalue weighted by Gasteiger charge is 2.41. The van der Waals surface area contributed by atoms with E-state index in [1.165, 1.54) is 17.0 Å². The van der Waals surface area contributed by atoms with Crippen LogP contribution in [0, 0.1) is 17.8 Å². The first kappa shape index (κ1) is 44.2. The first-order valence-corrected chi connectivity index (χ1v) is 18.2. The summed E-state index contributed by atoms with van der Waals surface area (Å²) in [6.07, 6.45) is 1.66. The molecule has 17 heteroatoms. The normalized spacial score (nSPS) is 17.5. The van der Waals surface area contributed by atoms with Crippen LogP contribution < -0.4 is 38.5 Å². The Kier molecular flexibility index (Phi) is 17.5. The summed E-state index contributed by atoms with van der Waals surface area (Å²) >= 11 is 0. The largest absolute Gasteiger partial charge is 0.508 e. The monoisotopic (exact) mass is 745 g/mol. The number of nitrogens with one attached hydrogen (secondary N) is 4. The van der Waals surface area contributed by atoms with E-state index in [1.807, 2.05) is 13.8 Å². The Hall–Kier alpha value is -4.93. The number of carbonyl (C=O) groups excluding carboxylic acids is 5. The van der Waals surface area contributed by atoms with Crippen LogP contribution in [0.3, 0.4) is 0 Å². The van der Waals surface area contributed by atoms with Crippen molar-refractivity contribution in [1.82, 2.24) is 26.2 Å². The number of guanidine groups is 1. The number of carboxylic acids is 1. The number of aromatic hydroxyl groups is 1. The minimum absolute atomic E-state index is 0.000901. The standard InChI is InChI=1S/C36H59N9O8/c1-7-21(6)29(44-32(49)27(37)19(2)3)34(51)45-17-9-11-26(45)31(48)42-25(18-22-12-14-23(46)15-13-22)30(47)43-28(20(4)5)33(50)41-24(35(52)53)10-8-16-40-36(38)39/h12-15,19-21,24-29,46H,7-11,16-18,37H2,1-6H3,(H,41,50)(H,42,48)(H,43,47)(H,44,49)(H,52,53)(H4,38,39,40). The van der Waals surface area contributed by atoms with Crippen LogP contribution in [0.25, 0.3) is 0 Å². The molecule has 0 aromatic heterocycles. The fraction of sp³-hybridized carbons (Fsp3) is 0.639. The molecule has 0 aliphatic carbocycles. The number of hydrogen-bond acceptors (Lipinski definition) is 9. The first-order valence-electron chi connectivity index (χ1n) is 18.2. The summed E-state index contributed by atoms with van der Waals surface area (Å²) in [6, 6.07) is -0.351. The topological polar surface area (TPSA) is 285 Å². The van der Waals surface area contributed by atoms with Gasteiger partial charge in [-0.15, -0.1) is 0 Å². The maximum atomic E-state index is 14.0. The molecule has 1 aliphatic heterocycles. The van der Waals surface area contributed by atoms with Crippen molar-refractivity contribution in [2.24, 2.45) is 39.9 Å². The molecule has 1 saturated heterocycles. The van der Waals surface area contributed by atoms with E-state index in [1.54, 1.807) is 39.8 Å². The number of nitrogens with two attached hydrogens (primary N) is 3. The Morgan fingerprint density at radius 2 is 1.49 bits per heavy atom. The number of aliphatic carboxylic acids is 1. The van der Waals surface area contributed by atoms with Crippen molar-refractivity contribution in [3.8, 4) is 5.75 Å². The lowest BCUT2D eigenvalue weighted by Crippen LogP contribution is -2.60. The summed E-state index contributed by atoms with van der Waals surface area (Å²) in [5.74, 6) is -5.27. The van der Waals surface area contributed by atoms with Crippen LogP contribution in [0.4, 0.5) is 0 Å². The van der Waals surface area contributed by atoms with Crippen LogP contribution in [-0.2, 0) is 35.2 Å². The highest BCUT2D eigenvalue weighted by atomic mass is 16.4. The molecule has 53 heavy (non-hydrogen) atoms. The van der Waals surface area contributed by atoms with Gasteiger partial charge in [-0.05, 0) is 61.1 Å². The van der Waals surface area contributed by atoms with Crippen molar-refractivity contribution in [3.05, 3.63) is 29.8 Å². The second kappa shape index (κ2) is 20.9. The molecule has 1 aromatic rings. The summed E-state index contributed by atoms with van der Waals surface area (Å²) in [7, 11) is 0. The van der Waals surface area contributed by atoms with Gasteiger partial charge in [-0.1, -0.05) is 60.1 Å². The van der Waals surface area contributed by atoms with Gasteiger partial charge in [0.15, 0.2) is 5.96 Å². The summed E-state index contributed by atoms with van der Waals surface area (Å²) in [4.78, 5) is 85.3. The zero-order valence-corrected chi connectivity index (χ0v) is 31.6. The van der Waals surface area contributed by atoms with E-state index in [2.05, 4.69) is 26.3 Å². The molecular formula is C36H59N9O8. The van der Waals surface area contributed by atoms with Gasteiger partial charge in [-0.25, -0.2) is 4.79 Å². The first-order chi connectivity index (χ1) is 24.9. The van der Waals surface area contributed by atoms with Crippen molar-refractivity contribution in [1.29, 1.82) is 0 Å². The predicted molar refractivity (Wildman–Crippen MR) is 199 cm³/mol. The Balaban J connectivity index is 2.32. The molecule has 12 N–H and O–H groups in total. The summed E-state index contributed by atoms with van der Waals surface area (Å²) < 4.78 is 0. The molecule has 1 aromatic carbocycles. The van der Waals surface area contributed by atoms with Gasteiger partial charge in [0.05, 0.1) is 6.04 Å². The molecule has 1 aliphatic rings. The smallest absolute Gasteiger partial charge is 0.326 e. The number of phenolic OH excluding ortho intramolecular Hbond substituents is 1. The number of phenols is 1. The molecule has 7 unspecified atom stereocenters. The number of rotatable bonds is 20.